The molecule has 0 spiro atoms. The molecule has 166 valence electrons. The van der Waals surface area contributed by atoms with Crippen molar-refractivity contribution in [1.29, 1.82) is 0 Å². The highest BCUT2D eigenvalue weighted by Gasteiger charge is 2.38. The topological polar surface area (TPSA) is 49.3 Å². The molecule has 2 atom stereocenters. The first-order valence-corrected chi connectivity index (χ1v) is 11.8. The van der Waals surface area contributed by atoms with Crippen LogP contribution in [0.3, 0.4) is 0 Å². The Morgan fingerprint density at radius 2 is 2.00 bits per heavy atom. The molecule has 0 bridgehead atoms. The van der Waals surface area contributed by atoms with Crippen LogP contribution in [0.1, 0.15) is 62.9 Å². The summed E-state index contributed by atoms with van der Waals surface area (Å²) in [4.78, 5) is 25.8. The fourth-order valence-electron chi connectivity index (χ4n) is 5.26. The summed E-state index contributed by atoms with van der Waals surface area (Å²) in [6.07, 6.45) is 8.63. The molecule has 31 heavy (non-hydrogen) atoms. The highest BCUT2D eigenvalue weighted by Crippen LogP contribution is 2.45. The molecular weight excluding hydrogens is 384 g/mol. The van der Waals surface area contributed by atoms with Gasteiger partial charge in [0.25, 0.3) is 0 Å². The molecule has 2 aromatic rings. The Balaban J connectivity index is 1.56. The summed E-state index contributed by atoms with van der Waals surface area (Å²) in [7, 11) is 1.97. The van der Waals surface area contributed by atoms with Crippen LogP contribution in [0.2, 0.25) is 0 Å². The molecule has 5 heteroatoms. The van der Waals surface area contributed by atoms with Gasteiger partial charge >= 0.3 is 6.03 Å². The maximum Gasteiger partial charge on any atom is 0.319 e. The Kier molecular flexibility index (Phi) is 6.31. The first kappa shape index (κ1) is 21.8. The number of fused-ring (bicyclic) bond motifs is 1. The minimum atomic E-state index is 0.0438. The van der Waals surface area contributed by atoms with Crippen molar-refractivity contribution in [3.8, 4) is 11.3 Å². The summed E-state index contributed by atoms with van der Waals surface area (Å²) in [5, 5.41) is 0. The lowest BCUT2D eigenvalue weighted by molar-refractivity contribution is 0.145. The zero-order valence-corrected chi connectivity index (χ0v) is 19.5. The SMILES string of the molecule is Cc1nccc(-c2ccc3c(c2)[C@](C)(CCN(C)C(=O)N2CCCCC2)[C@H](C)CC3)n1. The molecule has 2 heterocycles. The summed E-state index contributed by atoms with van der Waals surface area (Å²) in [6.45, 7) is 9.29. The summed E-state index contributed by atoms with van der Waals surface area (Å²) >= 11 is 0. The number of benzene rings is 1. The van der Waals surface area contributed by atoms with Crippen LogP contribution in [-0.4, -0.2) is 52.5 Å². The lowest BCUT2D eigenvalue weighted by atomic mass is 9.63. The number of hydrogen-bond donors (Lipinski definition) is 0. The average molecular weight is 421 g/mol. The molecule has 1 fully saturated rings. The number of aryl methyl sites for hydroxylation is 2. The van der Waals surface area contributed by atoms with Crippen LogP contribution in [-0.2, 0) is 11.8 Å². The fraction of sp³-hybridized carbons (Fsp3) is 0.577. The van der Waals surface area contributed by atoms with Gasteiger partial charge in [-0.1, -0.05) is 26.0 Å². The van der Waals surface area contributed by atoms with Gasteiger partial charge in [-0.25, -0.2) is 14.8 Å². The van der Waals surface area contributed by atoms with E-state index >= 15 is 0 Å². The van der Waals surface area contributed by atoms with E-state index in [9.17, 15) is 4.79 Å². The van der Waals surface area contributed by atoms with Crippen LogP contribution in [0.4, 0.5) is 4.79 Å². The van der Waals surface area contributed by atoms with Crippen molar-refractivity contribution in [3.05, 3.63) is 47.4 Å². The van der Waals surface area contributed by atoms with Crippen molar-refractivity contribution in [2.45, 2.75) is 64.7 Å². The van der Waals surface area contributed by atoms with Crippen molar-refractivity contribution in [2.24, 2.45) is 5.92 Å². The Labute approximate surface area is 186 Å². The zero-order chi connectivity index (χ0) is 22.0. The van der Waals surface area contributed by atoms with Gasteiger partial charge < -0.3 is 9.80 Å². The number of hydrogen-bond acceptors (Lipinski definition) is 3. The molecule has 1 aliphatic carbocycles. The Morgan fingerprint density at radius 3 is 2.74 bits per heavy atom. The van der Waals surface area contributed by atoms with E-state index in [0.717, 1.165) is 62.4 Å². The quantitative estimate of drug-likeness (QED) is 0.681. The maximum absolute atomic E-state index is 12.9. The number of piperidine rings is 1. The summed E-state index contributed by atoms with van der Waals surface area (Å²) < 4.78 is 0. The molecule has 0 N–H and O–H groups in total. The molecule has 0 unspecified atom stereocenters. The van der Waals surface area contributed by atoms with E-state index < -0.39 is 0 Å². The third-order valence-electron chi connectivity index (χ3n) is 7.65. The van der Waals surface area contributed by atoms with Gasteiger partial charge in [-0.15, -0.1) is 0 Å². The predicted octanol–water partition coefficient (Wildman–Crippen LogP) is 5.22. The molecule has 2 aliphatic rings. The molecule has 1 aromatic carbocycles. The first-order valence-electron chi connectivity index (χ1n) is 11.8. The average Bonchev–Trinajstić information content (AvgIpc) is 2.80. The van der Waals surface area contributed by atoms with Crippen molar-refractivity contribution in [2.75, 3.05) is 26.7 Å². The van der Waals surface area contributed by atoms with Gasteiger partial charge in [0.1, 0.15) is 5.82 Å². The maximum atomic E-state index is 12.9. The highest BCUT2D eigenvalue weighted by atomic mass is 16.2. The Hall–Kier alpha value is -2.43. The second kappa shape index (κ2) is 8.97. The van der Waals surface area contributed by atoms with E-state index in [1.54, 1.807) is 0 Å². The standard InChI is InChI=1S/C26H36N4O/c1-19-8-9-21-10-11-22(24-12-14-27-20(2)28-24)18-23(21)26(19,3)13-17-29(4)25(31)30-15-6-5-7-16-30/h10-12,14,18-19H,5-9,13,15-17H2,1-4H3/t19-,26-/m1/s1. The molecule has 1 saturated heterocycles. The van der Waals surface area contributed by atoms with E-state index in [2.05, 4.69) is 42.0 Å². The van der Waals surface area contributed by atoms with E-state index in [1.807, 2.05) is 36.0 Å². The molecule has 5 nitrogen and oxygen atoms in total. The molecular formula is C26H36N4O. The van der Waals surface area contributed by atoms with Crippen molar-refractivity contribution in [1.82, 2.24) is 19.8 Å². The second-order valence-electron chi connectivity index (χ2n) is 9.72. The number of likely N-dealkylation sites (tertiary alicyclic amines) is 1. The summed E-state index contributed by atoms with van der Waals surface area (Å²) in [6, 6.07) is 9.01. The Morgan fingerprint density at radius 1 is 1.23 bits per heavy atom. The molecule has 1 aliphatic heterocycles. The zero-order valence-electron chi connectivity index (χ0n) is 19.5. The van der Waals surface area contributed by atoms with Crippen molar-refractivity contribution < 1.29 is 4.79 Å². The number of rotatable bonds is 4. The van der Waals surface area contributed by atoms with E-state index in [1.165, 1.54) is 24.0 Å². The van der Waals surface area contributed by atoms with Gasteiger partial charge in [-0.2, -0.15) is 0 Å². The molecule has 1 aromatic heterocycles. The number of carbonyl (C=O) groups is 1. The predicted molar refractivity (Wildman–Crippen MR) is 125 cm³/mol. The summed E-state index contributed by atoms with van der Waals surface area (Å²) in [5.74, 6) is 1.37. The second-order valence-corrected chi connectivity index (χ2v) is 9.72. The van der Waals surface area contributed by atoms with Gasteiger partial charge in [-0.05, 0) is 80.0 Å². The van der Waals surface area contributed by atoms with Crippen LogP contribution >= 0.6 is 0 Å². The van der Waals surface area contributed by atoms with E-state index in [0.29, 0.717) is 5.92 Å². The number of urea groups is 1. The van der Waals surface area contributed by atoms with Gasteiger partial charge in [-0.3, -0.25) is 0 Å². The molecule has 0 radical (unpaired) electrons. The first-order chi connectivity index (χ1) is 14.9. The minimum Gasteiger partial charge on any atom is -0.328 e. The van der Waals surface area contributed by atoms with E-state index in [4.69, 9.17) is 0 Å². The number of aromatic nitrogens is 2. The van der Waals surface area contributed by atoms with Gasteiger partial charge in [0.05, 0.1) is 5.69 Å². The number of carbonyl (C=O) groups excluding carboxylic acids is 1. The highest BCUT2D eigenvalue weighted by molar-refractivity contribution is 5.74. The van der Waals surface area contributed by atoms with Crippen molar-refractivity contribution in [3.63, 3.8) is 0 Å². The minimum absolute atomic E-state index is 0.0438. The van der Waals surface area contributed by atoms with Crippen LogP contribution in [0, 0.1) is 12.8 Å². The number of nitrogens with zero attached hydrogens (tertiary/aromatic N) is 4. The molecule has 2 amide bonds. The Bertz CT molecular complexity index is 937. The molecule has 0 saturated carbocycles. The van der Waals surface area contributed by atoms with Crippen LogP contribution < -0.4 is 0 Å². The number of amides is 2. The lowest BCUT2D eigenvalue weighted by Gasteiger charge is -2.43. The third kappa shape index (κ3) is 4.46. The van der Waals surface area contributed by atoms with Gasteiger partial charge in [0, 0.05) is 38.4 Å². The lowest BCUT2D eigenvalue weighted by Crippen LogP contribution is -2.46. The smallest absolute Gasteiger partial charge is 0.319 e. The largest absolute Gasteiger partial charge is 0.328 e. The third-order valence-corrected chi connectivity index (χ3v) is 7.65. The molecule has 4 rings (SSSR count). The van der Waals surface area contributed by atoms with Crippen molar-refractivity contribution >= 4 is 6.03 Å². The van der Waals surface area contributed by atoms with Crippen LogP contribution in [0.25, 0.3) is 11.3 Å². The summed E-state index contributed by atoms with van der Waals surface area (Å²) in [5.41, 5.74) is 5.05. The van der Waals surface area contributed by atoms with Gasteiger partial charge in [0.2, 0.25) is 0 Å². The van der Waals surface area contributed by atoms with Crippen LogP contribution in [0.15, 0.2) is 30.5 Å². The van der Waals surface area contributed by atoms with E-state index in [-0.39, 0.29) is 11.4 Å². The van der Waals surface area contributed by atoms with Gasteiger partial charge in [0.15, 0.2) is 0 Å². The monoisotopic (exact) mass is 420 g/mol. The fourth-order valence-corrected chi connectivity index (χ4v) is 5.26. The normalized spacial score (nSPS) is 23.4. The van der Waals surface area contributed by atoms with Crippen LogP contribution in [0.5, 0.6) is 0 Å².